The van der Waals surface area contributed by atoms with Crippen LogP contribution in [0.1, 0.15) is 78.2 Å². The van der Waals surface area contributed by atoms with Crippen LogP contribution in [0.25, 0.3) is 0 Å². The Morgan fingerprint density at radius 3 is 1.64 bits per heavy atom. The Balaban J connectivity index is 2.74. The Labute approximate surface area is 431 Å². The molecule has 0 aromatic heterocycles. The van der Waals surface area contributed by atoms with Crippen molar-refractivity contribution >= 4 is 59.1 Å². The number of amides is 10. The molecule has 1 fully saturated rings. The molecule has 0 saturated carbocycles. The number of aliphatic hydroxyl groups is 2. The largest absolute Gasteiger partial charge is 0.391 e. The Bertz CT molecular complexity index is 2010. The van der Waals surface area contributed by atoms with Gasteiger partial charge in [0.1, 0.15) is 54.4 Å². The maximum atomic E-state index is 14.4. The second kappa shape index (κ2) is 33.5. The SMILES string of the molecule is CNCCC(=O)N[C@H](C(=O)N[C@@H](CCN)C(=O)NC1CCNC(=O)[C@H](C(C)O)NC(=O)[C@H](CCN)NC(=O)[C@H](CCN)NC(=O)[C@H](CC(C)C)NC(=O)[C@@H](Cc2ccccc2)NC(=O)[C@H](CCN)NC1=O)C(C)O. The lowest BCUT2D eigenvalue weighted by atomic mass is 10.00. The number of aliphatic hydroxyl groups excluding tert-OH is 2. The summed E-state index contributed by atoms with van der Waals surface area (Å²) in [7, 11) is 1.62. The summed E-state index contributed by atoms with van der Waals surface area (Å²) >= 11 is 0. The molecule has 74 heavy (non-hydrogen) atoms. The number of benzene rings is 1. The quantitative estimate of drug-likeness (QED) is 0.0513. The van der Waals surface area contributed by atoms with Crippen molar-refractivity contribution in [3.05, 3.63) is 35.9 Å². The molecule has 1 saturated heterocycles. The van der Waals surface area contributed by atoms with Gasteiger partial charge in [0.2, 0.25) is 59.1 Å². The number of hydrogen-bond acceptors (Lipinski definition) is 17. The van der Waals surface area contributed by atoms with Crippen LogP contribution in [0, 0.1) is 5.92 Å². The van der Waals surface area contributed by atoms with Gasteiger partial charge in [-0.3, -0.25) is 47.9 Å². The second-order valence-corrected chi connectivity index (χ2v) is 18.5. The normalized spacial score (nSPS) is 23.7. The molecule has 0 radical (unpaired) electrons. The number of rotatable bonds is 22. The third-order valence-corrected chi connectivity index (χ3v) is 11.7. The zero-order chi connectivity index (χ0) is 55.5. The third kappa shape index (κ3) is 22.0. The lowest BCUT2D eigenvalue weighted by Gasteiger charge is -2.28. The van der Waals surface area contributed by atoms with Crippen molar-refractivity contribution in [1.82, 2.24) is 58.5 Å². The highest BCUT2D eigenvalue weighted by Gasteiger charge is 2.37. The number of nitrogens with two attached hydrogens (primary N) is 4. The van der Waals surface area contributed by atoms with Gasteiger partial charge in [0, 0.05) is 25.9 Å². The minimum Gasteiger partial charge on any atom is -0.391 e. The van der Waals surface area contributed by atoms with Crippen LogP contribution in [-0.4, -0.2) is 182 Å². The van der Waals surface area contributed by atoms with E-state index in [4.69, 9.17) is 22.9 Å². The minimum atomic E-state index is -1.66. The predicted molar refractivity (Wildman–Crippen MR) is 271 cm³/mol. The monoisotopic (exact) mass is 1050 g/mol. The van der Waals surface area contributed by atoms with Crippen LogP contribution in [0.2, 0.25) is 0 Å². The average Bonchev–Trinajstić information content (AvgIpc) is 3.34. The molecule has 1 aromatic carbocycles. The van der Waals surface area contributed by atoms with Crippen LogP contribution in [0.5, 0.6) is 0 Å². The summed E-state index contributed by atoms with van der Waals surface area (Å²) in [6, 6.07) is -4.52. The summed E-state index contributed by atoms with van der Waals surface area (Å²) in [6.07, 6.45) is -4.14. The van der Waals surface area contributed by atoms with E-state index in [1.54, 1.807) is 51.2 Å². The fraction of sp³-hybridized carbons (Fsp3) is 0.660. The summed E-state index contributed by atoms with van der Waals surface area (Å²) in [5.41, 5.74) is 24.0. The molecule has 1 aliphatic rings. The summed E-state index contributed by atoms with van der Waals surface area (Å²) in [5.74, 6) is -8.95. The first-order valence-electron chi connectivity index (χ1n) is 25.0. The summed E-state index contributed by atoms with van der Waals surface area (Å²) in [5, 5.41) is 49.3. The van der Waals surface area contributed by atoms with Gasteiger partial charge >= 0.3 is 0 Å². The number of carbonyl (C=O) groups is 10. The smallest absolute Gasteiger partial charge is 0.245 e. The first kappa shape index (κ1) is 63.8. The predicted octanol–water partition coefficient (Wildman–Crippen LogP) is -7.08. The van der Waals surface area contributed by atoms with Crippen LogP contribution < -0.4 is 81.4 Å². The van der Waals surface area contributed by atoms with E-state index < -0.39 is 139 Å². The van der Waals surface area contributed by atoms with Crippen LogP contribution >= 0.6 is 0 Å². The fourth-order valence-electron chi connectivity index (χ4n) is 7.67. The van der Waals surface area contributed by atoms with E-state index in [0.29, 0.717) is 5.56 Å². The molecule has 416 valence electrons. The summed E-state index contributed by atoms with van der Waals surface area (Å²) in [4.78, 5) is 138. The van der Waals surface area contributed by atoms with E-state index in [2.05, 4.69) is 58.5 Å². The Kier molecular flexibility index (Phi) is 28.8. The van der Waals surface area contributed by atoms with Crippen molar-refractivity contribution in [1.29, 1.82) is 0 Å². The van der Waals surface area contributed by atoms with Gasteiger partial charge in [0.25, 0.3) is 0 Å². The minimum absolute atomic E-state index is 0.0397. The zero-order valence-corrected chi connectivity index (χ0v) is 43.0. The van der Waals surface area contributed by atoms with Gasteiger partial charge in [-0.1, -0.05) is 44.2 Å². The molecule has 27 nitrogen and oxygen atoms in total. The van der Waals surface area contributed by atoms with Crippen LogP contribution in [0.3, 0.4) is 0 Å². The van der Waals surface area contributed by atoms with Gasteiger partial charge in [-0.25, -0.2) is 0 Å². The second-order valence-electron chi connectivity index (χ2n) is 18.5. The van der Waals surface area contributed by atoms with E-state index in [1.165, 1.54) is 13.8 Å². The van der Waals surface area contributed by atoms with Gasteiger partial charge in [-0.05, 0) is 97.1 Å². The highest BCUT2D eigenvalue weighted by Crippen LogP contribution is 2.11. The molecule has 0 spiro atoms. The van der Waals surface area contributed by atoms with Crippen molar-refractivity contribution in [2.75, 3.05) is 46.3 Å². The molecular formula is C47H81N15O12. The average molecular weight is 1050 g/mol. The first-order chi connectivity index (χ1) is 35.1. The first-order valence-corrected chi connectivity index (χ1v) is 25.0. The third-order valence-electron chi connectivity index (χ3n) is 11.7. The van der Waals surface area contributed by atoms with Crippen molar-refractivity contribution in [2.45, 2.75) is 146 Å². The van der Waals surface area contributed by atoms with Gasteiger partial charge in [-0.2, -0.15) is 0 Å². The molecule has 1 heterocycles. The van der Waals surface area contributed by atoms with Crippen LogP contribution in [-0.2, 0) is 54.4 Å². The highest BCUT2D eigenvalue weighted by molar-refractivity contribution is 5.99. The van der Waals surface area contributed by atoms with Crippen molar-refractivity contribution < 1.29 is 58.2 Å². The van der Waals surface area contributed by atoms with E-state index in [9.17, 15) is 58.2 Å². The molecular weight excluding hydrogens is 967 g/mol. The Morgan fingerprint density at radius 1 is 0.635 bits per heavy atom. The van der Waals surface area contributed by atoms with Gasteiger partial charge < -0.3 is 91.6 Å². The standard InChI is InChI=1S/C47H81N15O12/c1-25(2)23-34-44(71)56-29(11-17-48)39(66)55-32(14-20-51)43(70)62-37(26(3)63)46(73)53-22-15-33(57-40(67)31(13-19-50)58-47(74)38(27(4)64)61-36(65)16-21-52-5)42(69)54-30(12-18-49)41(68)60-35(45(72)59-34)24-28-9-7-6-8-10-28/h6-10,25-27,29-35,37-38,52,63-64H,11-24,48-51H2,1-5H3,(H,53,73)(H,54,69)(H,55,66)(H,56,71)(H,57,67)(H,58,74)(H,59,72)(H,60,68)(H,61,65)(H,62,70)/t26?,27?,29-,30-,31-,32-,33?,34-,35+,37-,38-/m0/s1. The van der Waals surface area contributed by atoms with E-state index in [1.807, 2.05) is 0 Å². The van der Waals surface area contributed by atoms with Gasteiger partial charge in [0.05, 0.1) is 12.2 Å². The number of hydrogen-bond donors (Lipinski definition) is 17. The van der Waals surface area contributed by atoms with Gasteiger partial charge in [0.15, 0.2) is 0 Å². The van der Waals surface area contributed by atoms with Crippen molar-refractivity contribution in [2.24, 2.45) is 28.9 Å². The lowest BCUT2D eigenvalue weighted by Crippen LogP contribution is -2.61. The van der Waals surface area contributed by atoms with E-state index in [-0.39, 0.29) is 83.6 Å². The molecule has 0 bridgehead atoms. The van der Waals surface area contributed by atoms with Crippen LogP contribution in [0.15, 0.2) is 30.3 Å². The molecule has 3 unspecified atom stereocenters. The maximum Gasteiger partial charge on any atom is 0.245 e. The molecule has 27 heteroatoms. The Hall–Kier alpha value is -6.36. The molecule has 11 atom stereocenters. The topological polar surface area (TPSA) is 448 Å². The lowest BCUT2D eigenvalue weighted by molar-refractivity contribution is -0.136. The number of nitrogens with one attached hydrogen (secondary N) is 11. The molecule has 10 amide bonds. The fourth-order valence-corrected chi connectivity index (χ4v) is 7.67. The molecule has 21 N–H and O–H groups in total. The molecule has 1 aliphatic heterocycles. The Morgan fingerprint density at radius 2 is 1.14 bits per heavy atom. The van der Waals surface area contributed by atoms with Crippen molar-refractivity contribution in [3.8, 4) is 0 Å². The van der Waals surface area contributed by atoms with E-state index in [0.717, 1.165) is 0 Å². The van der Waals surface area contributed by atoms with Crippen LogP contribution in [0.4, 0.5) is 0 Å². The van der Waals surface area contributed by atoms with E-state index >= 15 is 0 Å². The summed E-state index contributed by atoms with van der Waals surface area (Å²) in [6.45, 7) is 5.30. The highest BCUT2D eigenvalue weighted by atomic mass is 16.3. The van der Waals surface area contributed by atoms with Gasteiger partial charge in [-0.15, -0.1) is 0 Å². The molecule has 2 rings (SSSR count). The molecule has 0 aliphatic carbocycles. The maximum absolute atomic E-state index is 14.4. The molecule has 1 aromatic rings. The summed E-state index contributed by atoms with van der Waals surface area (Å²) < 4.78 is 0. The van der Waals surface area contributed by atoms with Crippen molar-refractivity contribution in [3.63, 3.8) is 0 Å². The number of carbonyl (C=O) groups excluding carboxylic acids is 10. The zero-order valence-electron chi connectivity index (χ0n) is 43.0.